The molecule has 37 heavy (non-hydrogen) atoms. The zero-order valence-electron chi connectivity index (χ0n) is 22.3. The molecule has 0 unspecified atom stereocenters. The summed E-state index contributed by atoms with van der Waals surface area (Å²) in [7, 11) is -1.24. The normalized spacial score (nSPS) is 15.3. The van der Waals surface area contributed by atoms with Crippen LogP contribution in [0.5, 0.6) is 0 Å². The predicted octanol–water partition coefficient (Wildman–Crippen LogP) is 2.87. The summed E-state index contributed by atoms with van der Waals surface area (Å²) >= 11 is 0. The molecule has 0 saturated carbocycles. The second-order valence-electron chi connectivity index (χ2n) is 9.63. The summed E-state index contributed by atoms with van der Waals surface area (Å²) in [5.41, 5.74) is 5.43. The van der Waals surface area contributed by atoms with Crippen LogP contribution in [0, 0.1) is 20.8 Å². The quantitative estimate of drug-likeness (QED) is 0.341. The van der Waals surface area contributed by atoms with Crippen molar-refractivity contribution >= 4 is 15.8 Å². The van der Waals surface area contributed by atoms with E-state index in [0.717, 1.165) is 59.1 Å². The van der Waals surface area contributed by atoms with Crippen molar-refractivity contribution in [2.75, 3.05) is 44.8 Å². The zero-order valence-corrected chi connectivity index (χ0v) is 23.1. The van der Waals surface area contributed by atoms with E-state index in [-0.39, 0.29) is 6.04 Å². The lowest BCUT2D eigenvalue weighted by atomic mass is 10.0. The lowest BCUT2D eigenvalue weighted by Gasteiger charge is -2.31. The highest BCUT2D eigenvalue weighted by Crippen LogP contribution is 2.34. The second-order valence-corrected chi connectivity index (χ2v) is 11.6. The van der Waals surface area contributed by atoms with Crippen molar-refractivity contribution in [1.29, 1.82) is 0 Å². The molecule has 3 aromatic rings. The van der Waals surface area contributed by atoms with Gasteiger partial charge >= 0.3 is 0 Å². The summed E-state index contributed by atoms with van der Waals surface area (Å²) in [5, 5.41) is 14.3. The highest BCUT2D eigenvalue weighted by molar-refractivity contribution is 7.88. The van der Waals surface area contributed by atoms with Crippen LogP contribution in [0.4, 0.5) is 5.82 Å². The summed E-state index contributed by atoms with van der Waals surface area (Å²) in [5.74, 6) is 2.07. The molecule has 1 fully saturated rings. The first-order valence-corrected chi connectivity index (χ1v) is 14.5. The van der Waals surface area contributed by atoms with Gasteiger partial charge < -0.3 is 20.5 Å². The second kappa shape index (κ2) is 11.7. The number of rotatable bonds is 10. The summed E-state index contributed by atoms with van der Waals surface area (Å²) in [6.07, 6.45) is 2.68. The van der Waals surface area contributed by atoms with Crippen molar-refractivity contribution < 1.29 is 12.9 Å². The van der Waals surface area contributed by atoms with Gasteiger partial charge in [0.2, 0.25) is 10.0 Å². The Hall–Kier alpha value is -2.86. The number of hydrogen-bond acceptors (Lipinski definition) is 9. The molecule has 11 heteroatoms. The van der Waals surface area contributed by atoms with Crippen molar-refractivity contribution in [2.24, 2.45) is 0 Å². The van der Waals surface area contributed by atoms with Crippen LogP contribution >= 0.6 is 0 Å². The minimum absolute atomic E-state index is 0.111. The van der Waals surface area contributed by atoms with Crippen molar-refractivity contribution in [3.63, 3.8) is 0 Å². The van der Waals surface area contributed by atoms with Gasteiger partial charge in [0.1, 0.15) is 11.6 Å². The molecule has 0 atom stereocenters. The maximum Gasteiger partial charge on any atom is 0.211 e. The number of piperidine rings is 1. The Morgan fingerprint density at radius 1 is 1.11 bits per heavy atom. The van der Waals surface area contributed by atoms with Gasteiger partial charge in [-0.1, -0.05) is 23.4 Å². The molecule has 1 aromatic carbocycles. The van der Waals surface area contributed by atoms with Crippen molar-refractivity contribution in [3.8, 4) is 22.6 Å². The van der Waals surface area contributed by atoms with Gasteiger partial charge in [-0.3, -0.25) is 0 Å². The van der Waals surface area contributed by atoms with Gasteiger partial charge in [0.15, 0.2) is 5.82 Å². The first-order valence-electron chi connectivity index (χ1n) is 12.7. The lowest BCUT2D eigenvalue weighted by Crippen LogP contribution is -2.42. The fourth-order valence-electron chi connectivity index (χ4n) is 4.64. The van der Waals surface area contributed by atoms with E-state index in [2.05, 4.69) is 33.2 Å². The minimum Gasteiger partial charge on any atom is -0.367 e. The molecule has 200 valence electrons. The van der Waals surface area contributed by atoms with Gasteiger partial charge in [0, 0.05) is 49.9 Å². The SMILES string of the molecule is CNCCNCc1cccc(-c2nc(NC3CCN(S(C)(=O)=O)CC3)c(C)c(-c3c(C)noc3C)n2)c1. The first kappa shape index (κ1) is 27.2. The average molecular weight is 528 g/mol. The number of hydrogen-bond donors (Lipinski definition) is 3. The Labute approximate surface area is 219 Å². The third-order valence-corrected chi connectivity index (χ3v) is 8.05. The molecule has 3 N–H and O–H groups in total. The highest BCUT2D eigenvalue weighted by Gasteiger charge is 2.27. The lowest BCUT2D eigenvalue weighted by molar-refractivity contribution is 0.331. The van der Waals surface area contributed by atoms with Crippen LogP contribution in [-0.2, 0) is 16.6 Å². The van der Waals surface area contributed by atoms with Gasteiger partial charge in [-0.25, -0.2) is 22.7 Å². The summed E-state index contributed by atoms with van der Waals surface area (Å²) < 4.78 is 30.9. The van der Waals surface area contributed by atoms with Crippen LogP contribution in [-0.4, -0.2) is 73.4 Å². The molecule has 0 spiro atoms. The van der Waals surface area contributed by atoms with Crippen molar-refractivity contribution in [1.82, 2.24) is 30.1 Å². The third-order valence-electron chi connectivity index (χ3n) is 6.75. The van der Waals surface area contributed by atoms with Gasteiger partial charge in [-0.15, -0.1) is 0 Å². The average Bonchev–Trinajstić information content (AvgIpc) is 3.20. The molecule has 10 nitrogen and oxygen atoms in total. The monoisotopic (exact) mass is 527 g/mol. The summed E-state index contributed by atoms with van der Waals surface area (Å²) in [4.78, 5) is 9.94. The van der Waals surface area contributed by atoms with Crippen molar-refractivity contribution in [2.45, 2.75) is 46.2 Å². The number of nitrogens with zero attached hydrogens (tertiary/aromatic N) is 4. The molecule has 2 aromatic heterocycles. The first-order chi connectivity index (χ1) is 17.7. The largest absolute Gasteiger partial charge is 0.367 e. The van der Waals surface area contributed by atoms with E-state index >= 15 is 0 Å². The van der Waals surface area contributed by atoms with E-state index in [1.165, 1.54) is 10.6 Å². The number of benzene rings is 1. The zero-order chi connectivity index (χ0) is 26.6. The van der Waals surface area contributed by atoms with Crippen molar-refractivity contribution in [3.05, 3.63) is 46.8 Å². The maximum atomic E-state index is 11.9. The van der Waals surface area contributed by atoms with Crippen LogP contribution in [0.25, 0.3) is 22.6 Å². The molecular weight excluding hydrogens is 490 g/mol. The molecule has 4 rings (SSSR count). The molecule has 0 aliphatic carbocycles. The number of aryl methyl sites for hydroxylation is 2. The van der Waals surface area contributed by atoms with Crippen LogP contribution in [0.3, 0.4) is 0 Å². The van der Waals surface area contributed by atoms with Crippen LogP contribution in [0.2, 0.25) is 0 Å². The Balaban J connectivity index is 1.67. The Morgan fingerprint density at radius 2 is 1.86 bits per heavy atom. The molecule has 0 radical (unpaired) electrons. The molecular formula is C26H37N7O3S. The van der Waals surface area contributed by atoms with Crippen LogP contribution in [0.1, 0.15) is 35.4 Å². The number of aromatic nitrogens is 3. The maximum absolute atomic E-state index is 11.9. The fourth-order valence-corrected chi connectivity index (χ4v) is 5.52. The van der Waals surface area contributed by atoms with E-state index < -0.39 is 10.0 Å². The topological polar surface area (TPSA) is 125 Å². The molecule has 1 saturated heterocycles. The number of sulfonamides is 1. The summed E-state index contributed by atoms with van der Waals surface area (Å²) in [6, 6.07) is 8.36. The molecule has 1 aliphatic rings. The predicted molar refractivity (Wildman–Crippen MR) is 146 cm³/mol. The Morgan fingerprint density at radius 3 is 2.51 bits per heavy atom. The van der Waals surface area contributed by atoms with Gasteiger partial charge in [-0.05, 0) is 52.3 Å². The fraction of sp³-hybridized carbons (Fsp3) is 0.500. The van der Waals surface area contributed by atoms with Gasteiger partial charge in [0.05, 0.1) is 23.2 Å². The number of anilines is 1. The number of likely N-dealkylation sites (N-methyl/N-ethyl adjacent to an activating group) is 1. The van der Waals surface area contributed by atoms with E-state index in [0.29, 0.717) is 37.5 Å². The van der Waals surface area contributed by atoms with Crippen LogP contribution in [0.15, 0.2) is 28.8 Å². The molecule has 0 amide bonds. The summed E-state index contributed by atoms with van der Waals surface area (Å²) in [6.45, 7) is 9.33. The number of nitrogens with one attached hydrogen (secondary N) is 3. The van der Waals surface area contributed by atoms with Crippen LogP contribution < -0.4 is 16.0 Å². The Bertz CT molecular complexity index is 1310. The van der Waals surface area contributed by atoms with Gasteiger partial charge in [0.25, 0.3) is 0 Å². The smallest absolute Gasteiger partial charge is 0.211 e. The van der Waals surface area contributed by atoms with E-state index in [9.17, 15) is 8.42 Å². The molecule has 0 bridgehead atoms. The highest BCUT2D eigenvalue weighted by atomic mass is 32.2. The van der Waals surface area contributed by atoms with E-state index in [1.54, 1.807) is 0 Å². The van der Waals surface area contributed by atoms with Gasteiger partial charge in [-0.2, -0.15) is 0 Å². The Kier molecular flexibility index (Phi) is 8.58. The van der Waals surface area contributed by atoms with E-state index in [4.69, 9.17) is 14.5 Å². The standard InChI is InChI=1S/C26H37N7O3S/c1-17-24(23-18(2)32-36-19(23)3)30-26(21-8-6-7-20(15-21)16-28-12-11-27-4)31-25(17)29-22-9-13-33(14-10-22)37(5,34)35/h6-8,15,22,27-28H,9-14,16H2,1-5H3,(H,29,30,31). The molecule has 1 aliphatic heterocycles. The van der Waals surface area contributed by atoms with E-state index in [1.807, 2.05) is 40.0 Å². The minimum atomic E-state index is -3.18. The molecule has 3 heterocycles. The third kappa shape index (κ3) is 6.53.